The van der Waals surface area contributed by atoms with Crippen LogP contribution in [0.25, 0.3) is 0 Å². The van der Waals surface area contributed by atoms with E-state index in [9.17, 15) is 5.11 Å². The Hall–Kier alpha value is -0.0400. The Morgan fingerprint density at radius 3 is 1.67 bits per heavy atom. The highest BCUT2D eigenvalue weighted by molar-refractivity contribution is 4.76. The van der Waals surface area contributed by atoms with E-state index in [0.29, 0.717) is 5.92 Å². The van der Waals surface area contributed by atoms with Crippen molar-refractivity contribution in [3.63, 3.8) is 0 Å². The largest absolute Gasteiger partial charge is 0.393 e. The third-order valence-electron chi connectivity index (χ3n) is 3.44. The van der Waals surface area contributed by atoms with E-state index in [-0.39, 0.29) is 6.10 Å². The van der Waals surface area contributed by atoms with Gasteiger partial charge in [-0.25, -0.2) is 0 Å². The number of hydrogen-bond acceptors (Lipinski definition) is 1. The summed E-state index contributed by atoms with van der Waals surface area (Å²) in [4.78, 5) is 0. The lowest BCUT2D eigenvalue weighted by molar-refractivity contribution is 0.0810. The van der Waals surface area contributed by atoms with Crippen LogP contribution in [0.15, 0.2) is 0 Å². The standard InChI is InChI=1S/C11H22O/c1-8(2)10-4-6-11(7-5-10)9(3)12/h8-12H,4-7H2,1-3H3/t9-,10?,11?/m1/s1. The Bertz CT molecular complexity index is 105. The predicted octanol–water partition coefficient (Wildman–Crippen LogP) is 2.83. The molecule has 0 amide bonds. The van der Waals surface area contributed by atoms with Crippen molar-refractivity contribution in [3.8, 4) is 0 Å². The lowest BCUT2D eigenvalue weighted by Gasteiger charge is -2.32. The SMILES string of the molecule is CC(C)C1CCC([C@@H](C)O)CC1. The van der Waals surface area contributed by atoms with Crippen molar-refractivity contribution in [1.82, 2.24) is 0 Å². The summed E-state index contributed by atoms with van der Waals surface area (Å²) in [6.45, 7) is 6.56. The van der Waals surface area contributed by atoms with Crippen LogP contribution in [0.4, 0.5) is 0 Å². The highest BCUT2D eigenvalue weighted by Crippen LogP contribution is 2.34. The first-order valence-electron chi connectivity index (χ1n) is 5.29. The summed E-state index contributed by atoms with van der Waals surface area (Å²) in [6, 6.07) is 0. The van der Waals surface area contributed by atoms with E-state index in [0.717, 1.165) is 11.8 Å². The minimum absolute atomic E-state index is 0.0851. The van der Waals surface area contributed by atoms with Crippen molar-refractivity contribution in [3.05, 3.63) is 0 Å². The van der Waals surface area contributed by atoms with Gasteiger partial charge in [0.05, 0.1) is 6.10 Å². The first kappa shape index (κ1) is 10.0. The first-order valence-corrected chi connectivity index (χ1v) is 5.29. The van der Waals surface area contributed by atoms with Crippen LogP contribution in [0, 0.1) is 17.8 Å². The zero-order chi connectivity index (χ0) is 9.14. The number of rotatable bonds is 2. The molecular weight excluding hydrogens is 148 g/mol. The predicted molar refractivity (Wildman–Crippen MR) is 52.0 cm³/mol. The van der Waals surface area contributed by atoms with Crippen molar-refractivity contribution in [2.24, 2.45) is 17.8 Å². The smallest absolute Gasteiger partial charge is 0.0540 e. The van der Waals surface area contributed by atoms with E-state index in [1.807, 2.05) is 6.92 Å². The molecule has 0 radical (unpaired) electrons. The van der Waals surface area contributed by atoms with Crippen LogP contribution in [0.1, 0.15) is 46.5 Å². The molecule has 0 aliphatic heterocycles. The molecule has 1 N–H and O–H groups in total. The molecule has 1 atom stereocenters. The molecule has 0 bridgehead atoms. The lowest BCUT2D eigenvalue weighted by Crippen LogP contribution is -2.25. The van der Waals surface area contributed by atoms with Gasteiger partial charge in [-0.05, 0) is 50.4 Å². The second-order valence-electron chi connectivity index (χ2n) is 4.66. The highest BCUT2D eigenvalue weighted by atomic mass is 16.3. The molecule has 1 heteroatoms. The Labute approximate surface area is 76.2 Å². The maximum Gasteiger partial charge on any atom is 0.0540 e. The van der Waals surface area contributed by atoms with Gasteiger partial charge in [-0.3, -0.25) is 0 Å². The zero-order valence-electron chi connectivity index (χ0n) is 8.59. The monoisotopic (exact) mass is 170 g/mol. The average molecular weight is 170 g/mol. The van der Waals surface area contributed by atoms with E-state index >= 15 is 0 Å². The molecule has 0 aromatic heterocycles. The van der Waals surface area contributed by atoms with Gasteiger partial charge in [-0.2, -0.15) is 0 Å². The van der Waals surface area contributed by atoms with Crippen LogP contribution in [-0.2, 0) is 0 Å². The van der Waals surface area contributed by atoms with Gasteiger partial charge in [0.15, 0.2) is 0 Å². The quantitative estimate of drug-likeness (QED) is 0.675. The molecular formula is C11H22O. The second kappa shape index (κ2) is 4.27. The molecule has 0 aromatic carbocycles. The van der Waals surface area contributed by atoms with Gasteiger partial charge in [-0.1, -0.05) is 13.8 Å². The van der Waals surface area contributed by atoms with E-state index in [2.05, 4.69) is 13.8 Å². The average Bonchev–Trinajstić information content (AvgIpc) is 2.04. The molecule has 1 nitrogen and oxygen atoms in total. The molecule has 0 spiro atoms. The molecule has 0 saturated heterocycles. The minimum atomic E-state index is -0.0851. The Balaban J connectivity index is 2.30. The van der Waals surface area contributed by atoms with Crippen molar-refractivity contribution in [2.75, 3.05) is 0 Å². The summed E-state index contributed by atoms with van der Waals surface area (Å²) >= 11 is 0. The molecule has 1 saturated carbocycles. The van der Waals surface area contributed by atoms with Gasteiger partial charge in [-0.15, -0.1) is 0 Å². The number of hydrogen-bond donors (Lipinski definition) is 1. The van der Waals surface area contributed by atoms with Gasteiger partial charge >= 0.3 is 0 Å². The molecule has 1 aliphatic rings. The number of aliphatic hydroxyl groups excluding tert-OH is 1. The van der Waals surface area contributed by atoms with Gasteiger partial charge in [0.1, 0.15) is 0 Å². The maximum absolute atomic E-state index is 9.40. The maximum atomic E-state index is 9.40. The molecule has 1 fully saturated rings. The van der Waals surface area contributed by atoms with Crippen LogP contribution in [0.2, 0.25) is 0 Å². The van der Waals surface area contributed by atoms with Gasteiger partial charge in [0.2, 0.25) is 0 Å². The topological polar surface area (TPSA) is 20.2 Å². The van der Waals surface area contributed by atoms with Crippen LogP contribution >= 0.6 is 0 Å². The second-order valence-corrected chi connectivity index (χ2v) is 4.66. The van der Waals surface area contributed by atoms with Crippen LogP contribution < -0.4 is 0 Å². The molecule has 0 heterocycles. The fraction of sp³-hybridized carbons (Fsp3) is 1.00. The number of aliphatic hydroxyl groups is 1. The summed E-state index contributed by atoms with van der Waals surface area (Å²) in [5.41, 5.74) is 0. The fourth-order valence-corrected chi connectivity index (χ4v) is 2.29. The van der Waals surface area contributed by atoms with Crippen LogP contribution in [-0.4, -0.2) is 11.2 Å². The van der Waals surface area contributed by atoms with Gasteiger partial charge in [0.25, 0.3) is 0 Å². The third-order valence-corrected chi connectivity index (χ3v) is 3.44. The lowest BCUT2D eigenvalue weighted by atomic mass is 9.75. The normalized spacial score (nSPS) is 33.8. The fourth-order valence-electron chi connectivity index (χ4n) is 2.29. The third kappa shape index (κ3) is 2.48. The Morgan fingerprint density at radius 1 is 0.917 bits per heavy atom. The summed E-state index contributed by atoms with van der Waals surface area (Å²) in [5.74, 6) is 2.33. The minimum Gasteiger partial charge on any atom is -0.393 e. The Kier molecular flexibility index (Phi) is 3.57. The van der Waals surface area contributed by atoms with Gasteiger partial charge < -0.3 is 5.11 Å². The molecule has 72 valence electrons. The molecule has 0 unspecified atom stereocenters. The highest BCUT2D eigenvalue weighted by Gasteiger charge is 2.25. The first-order chi connectivity index (χ1) is 5.61. The van der Waals surface area contributed by atoms with Crippen LogP contribution in [0.5, 0.6) is 0 Å². The van der Waals surface area contributed by atoms with Gasteiger partial charge in [0, 0.05) is 0 Å². The van der Waals surface area contributed by atoms with E-state index in [1.165, 1.54) is 25.7 Å². The van der Waals surface area contributed by atoms with Crippen LogP contribution in [0.3, 0.4) is 0 Å². The molecule has 0 aromatic rings. The van der Waals surface area contributed by atoms with E-state index in [1.54, 1.807) is 0 Å². The summed E-state index contributed by atoms with van der Waals surface area (Å²) < 4.78 is 0. The van der Waals surface area contributed by atoms with Crippen molar-refractivity contribution >= 4 is 0 Å². The van der Waals surface area contributed by atoms with Crippen molar-refractivity contribution in [1.29, 1.82) is 0 Å². The Morgan fingerprint density at radius 2 is 1.33 bits per heavy atom. The summed E-state index contributed by atoms with van der Waals surface area (Å²) in [7, 11) is 0. The molecule has 1 aliphatic carbocycles. The van der Waals surface area contributed by atoms with E-state index < -0.39 is 0 Å². The molecule has 12 heavy (non-hydrogen) atoms. The van der Waals surface area contributed by atoms with Crippen molar-refractivity contribution in [2.45, 2.75) is 52.6 Å². The van der Waals surface area contributed by atoms with E-state index in [4.69, 9.17) is 0 Å². The summed E-state index contributed by atoms with van der Waals surface area (Å²) in [5, 5.41) is 9.40. The molecule has 1 rings (SSSR count). The zero-order valence-corrected chi connectivity index (χ0v) is 8.59. The summed E-state index contributed by atoms with van der Waals surface area (Å²) in [6.07, 6.45) is 5.04. The van der Waals surface area contributed by atoms with Crippen molar-refractivity contribution < 1.29 is 5.11 Å².